The minimum Gasteiger partial charge on any atom is -0.384 e. The summed E-state index contributed by atoms with van der Waals surface area (Å²) in [6.07, 6.45) is 0.705. The van der Waals surface area contributed by atoms with Crippen LogP contribution >= 0.6 is 11.6 Å². The second kappa shape index (κ2) is 9.02. The maximum Gasteiger partial charge on any atom is 0.150 e. The van der Waals surface area contributed by atoms with Gasteiger partial charge < -0.3 is 10.8 Å². The van der Waals surface area contributed by atoms with Crippen molar-refractivity contribution in [2.75, 3.05) is 5.73 Å². The molecule has 5 rings (SSSR count). The monoisotopic (exact) mass is 472 g/mol. The number of halogens is 1. The van der Waals surface area contributed by atoms with E-state index in [-0.39, 0.29) is 0 Å². The van der Waals surface area contributed by atoms with E-state index in [0.29, 0.717) is 29.6 Å². The summed E-state index contributed by atoms with van der Waals surface area (Å²) < 4.78 is 1.91. The molecule has 8 heteroatoms. The predicted molar refractivity (Wildman–Crippen MR) is 136 cm³/mol. The lowest BCUT2D eigenvalue weighted by atomic mass is 10.1. The highest BCUT2D eigenvalue weighted by atomic mass is 35.5. The number of aryl methyl sites for hydroxylation is 2. The van der Waals surface area contributed by atoms with Gasteiger partial charge in [0.25, 0.3) is 0 Å². The summed E-state index contributed by atoms with van der Waals surface area (Å²) in [7, 11) is 0. The number of para-hydroxylation sites is 1. The van der Waals surface area contributed by atoms with Crippen LogP contribution in [0.3, 0.4) is 0 Å². The standard InChI is InChI=1S/C26H25ClN6O/c1-15-9-24(28)31-16(2)21(15)13-30-26(34)25-20-5-3-4-6-23(20)33(32-25)14-17-7-8-22-18(10-17)11-19(27)12-29-22/h3-12,26,30,34H,13-14H2,1-2H3,(H2,28,31). The largest absolute Gasteiger partial charge is 0.384 e. The van der Waals surface area contributed by atoms with Crippen LogP contribution in [0, 0.1) is 13.8 Å². The molecule has 0 aliphatic carbocycles. The van der Waals surface area contributed by atoms with Crippen molar-refractivity contribution in [3.05, 3.63) is 93.9 Å². The van der Waals surface area contributed by atoms with E-state index in [1.807, 2.05) is 67.1 Å². The Morgan fingerprint density at radius 3 is 2.76 bits per heavy atom. The zero-order valence-corrected chi connectivity index (χ0v) is 19.7. The molecule has 7 nitrogen and oxygen atoms in total. The first-order valence-electron chi connectivity index (χ1n) is 11.0. The number of aliphatic hydroxyl groups is 1. The first-order chi connectivity index (χ1) is 16.4. The second-order valence-electron chi connectivity index (χ2n) is 8.45. The number of nitrogens with two attached hydrogens (primary N) is 1. The molecule has 172 valence electrons. The van der Waals surface area contributed by atoms with Gasteiger partial charge in [-0.2, -0.15) is 5.10 Å². The number of nitrogens with one attached hydrogen (secondary N) is 1. The molecule has 0 amide bonds. The van der Waals surface area contributed by atoms with Gasteiger partial charge in [-0.1, -0.05) is 35.9 Å². The summed E-state index contributed by atoms with van der Waals surface area (Å²) in [5.41, 5.74) is 12.2. The molecule has 5 aromatic rings. The fraction of sp³-hybridized carbons (Fsp3) is 0.192. The Hall–Kier alpha value is -3.52. The van der Waals surface area contributed by atoms with Crippen LogP contribution < -0.4 is 11.1 Å². The number of benzene rings is 2. The number of hydrogen-bond donors (Lipinski definition) is 3. The number of aliphatic hydroxyl groups excluding tert-OH is 1. The summed E-state index contributed by atoms with van der Waals surface area (Å²) in [5, 5.41) is 21.5. The number of rotatable bonds is 6. The van der Waals surface area contributed by atoms with Gasteiger partial charge in [-0.05, 0) is 60.9 Å². The fourth-order valence-electron chi connectivity index (χ4n) is 4.35. The molecular weight excluding hydrogens is 448 g/mol. The van der Waals surface area contributed by atoms with E-state index in [9.17, 15) is 5.11 Å². The molecule has 0 fully saturated rings. The Morgan fingerprint density at radius 2 is 1.94 bits per heavy atom. The van der Waals surface area contributed by atoms with E-state index in [0.717, 1.165) is 44.2 Å². The van der Waals surface area contributed by atoms with Gasteiger partial charge in [0.05, 0.1) is 22.6 Å². The highest BCUT2D eigenvalue weighted by molar-refractivity contribution is 6.31. The maximum absolute atomic E-state index is 11.0. The van der Waals surface area contributed by atoms with Crippen LogP contribution in [0.2, 0.25) is 5.02 Å². The third kappa shape index (κ3) is 4.33. The molecule has 0 aliphatic rings. The average Bonchev–Trinajstić information content (AvgIpc) is 3.16. The Labute approximate surface area is 202 Å². The summed E-state index contributed by atoms with van der Waals surface area (Å²) in [4.78, 5) is 8.70. The topological polar surface area (TPSA) is 102 Å². The number of pyridine rings is 2. The molecule has 0 saturated carbocycles. The summed E-state index contributed by atoms with van der Waals surface area (Å²) >= 11 is 6.12. The zero-order chi connectivity index (χ0) is 23.8. The molecule has 0 saturated heterocycles. The Morgan fingerprint density at radius 1 is 1.12 bits per heavy atom. The van der Waals surface area contributed by atoms with Gasteiger partial charge in [0.1, 0.15) is 11.5 Å². The Kier molecular flexibility index (Phi) is 5.91. The highest BCUT2D eigenvalue weighted by Gasteiger charge is 2.18. The molecule has 0 radical (unpaired) electrons. The zero-order valence-electron chi connectivity index (χ0n) is 19.0. The first-order valence-corrected chi connectivity index (χ1v) is 11.4. The van der Waals surface area contributed by atoms with Gasteiger partial charge in [0, 0.05) is 29.2 Å². The molecule has 4 N–H and O–H groups in total. The third-order valence-corrected chi connectivity index (χ3v) is 6.24. The summed E-state index contributed by atoms with van der Waals surface area (Å²) in [5.74, 6) is 0.496. The minimum absolute atomic E-state index is 0.450. The van der Waals surface area contributed by atoms with E-state index in [4.69, 9.17) is 22.4 Å². The maximum atomic E-state index is 11.0. The van der Waals surface area contributed by atoms with Crippen molar-refractivity contribution in [3.8, 4) is 0 Å². The highest BCUT2D eigenvalue weighted by Crippen LogP contribution is 2.25. The summed E-state index contributed by atoms with van der Waals surface area (Å²) in [6, 6.07) is 17.7. The number of anilines is 1. The number of hydrogen-bond acceptors (Lipinski definition) is 6. The number of aromatic nitrogens is 4. The molecule has 0 bridgehead atoms. The Balaban J connectivity index is 1.43. The van der Waals surface area contributed by atoms with Crippen LogP contribution in [0.15, 0.2) is 60.8 Å². The molecular formula is C26H25ClN6O. The minimum atomic E-state index is -0.942. The van der Waals surface area contributed by atoms with Gasteiger partial charge in [-0.25, -0.2) is 4.98 Å². The van der Waals surface area contributed by atoms with Gasteiger partial charge in [0.15, 0.2) is 6.23 Å². The van der Waals surface area contributed by atoms with Crippen LogP contribution in [0.1, 0.15) is 34.3 Å². The Bertz CT molecular complexity index is 1490. The van der Waals surface area contributed by atoms with E-state index < -0.39 is 6.23 Å². The predicted octanol–water partition coefficient (Wildman–Crippen LogP) is 4.66. The van der Waals surface area contributed by atoms with Crippen molar-refractivity contribution in [1.29, 1.82) is 0 Å². The van der Waals surface area contributed by atoms with E-state index >= 15 is 0 Å². The molecule has 3 heterocycles. The third-order valence-electron chi connectivity index (χ3n) is 6.04. The van der Waals surface area contributed by atoms with E-state index in [2.05, 4.69) is 21.4 Å². The molecule has 3 aromatic heterocycles. The van der Waals surface area contributed by atoms with Crippen LogP contribution in [-0.4, -0.2) is 24.9 Å². The van der Waals surface area contributed by atoms with Gasteiger partial charge in [-0.15, -0.1) is 0 Å². The quantitative estimate of drug-likeness (QED) is 0.311. The van der Waals surface area contributed by atoms with Crippen molar-refractivity contribution in [2.24, 2.45) is 0 Å². The molecule has 1 atom stereocenters. The van der Waals surface area contributed by atoms with Gasteiger partial charge in [0.2, 0.25) is 0 Å². The van der Waals surface area contributed by atoms with Crippen molar-refractivity contribution in [2.45, 2.75) is 33.2 Å². The fourth-order valence-corrected chi connectivity index (χ4v) is 4.52. The lowest BCUT2D eigenvalue weighted by molar-refractivity contribution is 0.133. The van der Waals surface area contributed by atoms with Gasteiger partial charge in [-0.3, -0.25) is 15.0 Å². The molecule has 34 heavy (non-hydrogen) atoms. The lowest BCUT2D eigenvalue weighted by Gasteiger charge is -2.14. The van der Waals surface area contributed by atoms with Crippen LogP contribution in [0.25, 0.3) is 21.8 Å². The number of nitrogens with zero attached hydrogens (tertiary/aromatic N) is 4. The normalized spacial score (nSPS) is 12.5. The van der Waals surface area contributed by atoms with Crippen molar-refractivity contribution in [3.63, 3.8) is 0 Å². The SMILES string of the molecule is Cc1cc(N)nc(C)c1CNC(O)c1nn(Cc2ccc3ncc(Cl)cc3c2)c2ccccc12. The average molecular weight is 473 g/mol. The van der Waals surface area contributed by atoms with Crippen molar-refractivity contribution < 1.29 is 5.11 Å². The molecule has 0 spiro atoms. The van der Waals surface area contributed by atoms with Crippen LogP contribution in [0.5, 0.6) is 0 Å². The number of fused-ring (bicyclic) bond motifs is 2. The lowest BCUT2D eigenvalue weighted by Crippen LogP contribution is -2.22. The molecule has 2 aromatic carbocycles. The first kappa shape index (κ1) is 22.3. The van der Waals surface area contributed by atoms with Gasteiger partial charge >= 0.3 is 0 Å². The smallest absolute Gasteiger partial charge is 0.150 e. The van der Waals surface area contributed by atoms with E-state index in [1.54, 1.807) is 6.20 Å². The molecule has 0 aliphatic heterocycles. The van der Waals surface area contributed by atoms with E-state index in [1.165, 1.54) is 0 Å². The van der Waals surface area contributed by atoms with Crippen molar-refractivity contribution >= 4 is 39.2 Å². The molecule has 1 unspecified atom stereocenters. The van der Waals surface area contributed by atoms with Crippen LogP contribution in [-0.2, 0) is 13.1 Å². The second-order valence-corrected chi connectivity index (χ2v) is 8.89. The van der Waals surface area contributed by atoms with Crippen molar-refractivity contribution in [1.82, 2.24) is 25.1 Å². The number of nitrogen functional groups attached to an aromatic ring is 1. The summed E-state index contributed by atoms with van der Waals surface area (Å²) in [6.45, 7) is 4.91. The van der Waals surface area contributed by atoms with Crippen LogP contribution in [0.4, 0.5) is 5.82 Å².